The van der Waals surface area contributed by atoms with Gasteiger partial charge in [0.25, 0.3) is 5.91 Å². The van der Waals surface area contributed by atoms with E-state index in [9.17, 15) is 13.2 Å². The van der Waals surface area contributed by atoms with Crippen molar-refractivity contribution in [2.75, 3.05) is 6.54 Å². The van der Waals surface area contributed by atoms with E-state index in [-0.39, 0.29) is 22.9 Å². The Hall–Kier alpha value is -1.44. The molecule has 1 amide bonds. The van der Waals surface area contributed by atoms with E-state index in [0.29, 0.717) is 18.0 Å². The predicted octanol–water partition coefficient (Wildman–Crippen LogP) is 0.903. The first-order valence-electron chi connectivity index (χ1n) is 8.04. The lowest BCUT2D eigenvalue weighted by molar-refractivity contribution is 0.0932. The molecule has 2 saturated carbocycles. The van der Waals surface area contributed by atoms with E-state index < -0.39 is 10.0 Å². The zero-order valence-corrected chi connectivity index (χ0v) is 14.0. The van der Waals surface area contributed by atoms with Crippen molar-refractivity contribution in [2.24, 2.45) is 11.7 Å². The van der Waals surface area contributed by atoms with Crippen molar-refractivity contribution in [3.05, 3.63) is 29.3 Å². The zero-order valence-electron chi connectivity index (χ0n) is 13.2. The number of rotatable bonds is 7. The predicted molar refractivity (Wildman–Crippen MR) is 87.6 cm³/mol. The molecule has 1 unspecified atom stereocenters. The van der Waals surface area contributed by atoms with Crippen LogP contribution in [0.25, 0.3) is 0 Å². The molecule has 7 heteroatoms. The summed E-state index contributed by atoms with van der Waals surface area (Å²) < 4.78 is 27.2. The number of nitrogens with one attached hydrogen (secondary N) is 2. The average Bonchev–Trinajstić information content (AvgIpc) is 3.38. The largest absolute Gasteiger partial charge is 0.348 e. The fraction of sp³-hybridized carbons (Fsp3) is 0.562. The van der Waals surface area contributed by atoms with Crippen LogP contribution in [0.1, 0.15) is 41.6 Å². The zero-order chi connectivity index (χ0) is 16.6. The van der Waals surface area contributed by atoms with Gasteiger partial charge >= 0.3 is 0 Å². The van der Waals surface area contributed by atoms with Crippen LogP contribution in [-0.2, 0) is 10.0 Å². The minimum absolute atomic E-state index is 0.0354. The highest BCUT2D eigenvalue weighted by Crippen LogP contribution is 2.32. The summed E-state index contributed by atoms with van der Waals surface area (Å²) in [6.07, 6.45) is 3.91. The number of sulfonamides is 1. The third-order valence-corrected chi connectivity index (χ3v) is 5.94. The number of hydrogen-bond acceptors (Lipinski definition) is 4. The van der Waals surface area contributed by atoms with Crippen molar-refractivity contribution >= 4 is 15.9 Å². The maximum Gasteiger partial charge on any atom is 0.251 e. The number of aryl methyl sites for hydroxylation is 1. The summed E-state index contributed by atoms with van der Waals surface area (Å²) in [4.78, 5) is 12.6. The summed E-state index contributed by atoms with van der Waals surface area (Å²) in [6, 6.07) is 4.67. The van der Waals surface area contributed by atoms with Crippen LogP contribution in [0.2, 0.25) is 0 Å². The van der Waals surface area contributed by atoms with Gasteiger partial charge in [-0.05, 0) is 56.2 Å². The molecule has 126 valence electrons. The first-order valence-corrected chi connectivity index (χ1v) is 9.53. The summed E-state index contributed by atoms with van der Waals surface area (Å²) in [7, 11) is -3.56. The van der Waals surface area contributed by atoms with E-state index in [0.717, 1.165) is 31.2 Å². The van der Waals surface area contributed by atoms with Gasteiger partial charge in [-0.3, -0.25) is 4.79 Å². The maximum atomic E-state index is 12.5. The molecular formula is C16H23N3O3S. The van der Waals surface area contributed by atoms with E-state index in [1.807, 2.05) is 0 Å². The lowest BCUT2D eigenvalue weighted by Gasteiger charge is -2.17. The van der Waals surface area contributed by atoms with E-state index in [1.54, 1.807) is 13.0 Å². The molecule has 0 radical (unpaired) electrons. The molecule has 23 heavy (non-hydrogen) atoms. The molecule has 4 N–H and O–H groups in total. The van der Waals surface area contributed by atoms with Crippen molar-refractivity contribution < 1.29 is 13.2 Å². The molecule has 1 aromatic rings. The van der Waals surface area contributed by atoms with Crippen LogP contribution in [-0.4, -0.2) is 33.0 Å². The van der Waals surface area contributed by atoms with Crippen molar-refractivity contribution in [3.8, 4) is 0 Å². The minimum atomic E-state index is -3.56. The molecule has 2 aliphatic carbocycles. The molecule has 0 spiro atoms. The van der Waals surface area contributed by atoms with Crippen molar-refractivity contribution in [2.45, 2.75) is 49.6 Å². The van der Waals surface area contributed by atoms with Crippen LogP contribution in [0.5, 0.6) is 0 Å². The van der Waals surface area contributed by atoms with Gasteiger partial charge in [-0.15, -0.1) is 0 Å². The van der Waals surface area contributed by atoms with Crippen LogP contribution in [0.4, 0.5) is 0 Å². The fourth-order valence-corrected chi connectivity index (χ4v) is 3.95. The Kier molecular flexibility index (Phi) is 4.44. The van der Waals surface area contributed by atoms with Gasteiger partial charge in [0.15, 0.2) is 0 Å². The van der Waals surface area contributed by atoms with E-state index in [2.05, 4.69) is 10.0 Å². The van der Waals surface area contributed by atoms with Crippen LogP contribution in [0, 0.1) is 12.8 Å². The number of nitrogens with two attached hydrogens (primary N) is 1. The van der Waals surface area contributed by atoms with Crippen LogP contribution >= 0.6 is 0 Å². The van der Waals surface area contributed by atoms with Gasteiger partial charge in [-0.25, -0.2) is 13.1 Å². The van der Waals surface area contributed by atoms with Crippen molar-refractivity contribution in [1.29, 1.82) is 0 Å². The van der Waals surface area contributed by atoms with Gasteiger partial charge < -0.3 is 11.1 Å². The minimum Gasteiger partial charge on any atom is -0.348 e. The van der Waals surface area contributed by atoms with Crippen LogP contribution < -0.4 is 15.8 Å². The number of benzene rings is 1. The summed E-state index contributed by atoms with van der Waals surface area (Å²) in [5, 5.41) is 2.94. The van der Waals surface area contributed by atoms with Crippen molar-refractivity contribution in [3.63, 3.8) is 0 Å². The molecule has 0 heterocycles. The lowest BCUT2D eigenvalue weighted by atomic mass is 10.1. The summed E-state index contributed by atoms with van der Waals surface area (Å²) in [6.45, 7) is 2.20. The third kappa shape index (κ3) is 3.91. The number of hydrogen-bond donors (Lipinski definition) is 3. The van der Waals surface area contributed by atoms with Gasteiger partial charge in [0.05, 0.1) is 4.90 Å². The van der Waals surface area contributed by atoms with Gasteiger partial charge in [0, 0.05) is 24.2 Å². The Morgan fingerprint density at radius 2 is 2.00 bits per heavy atom. The van der Waals surface area contributed by atoms with E-state index in [1.165, 1.54) is 12.1 Å². The molecule has 3 rings (SSSR count). The SMILES string of the molecule is Cc1ccc(S(=O)(=O)NC2CC2)cc1C(=O)NC(CN)C1CC1. The normalized spacial score (nSPS) is 19.4. The Morgan fingerprint density at radius 1 is 1.30 bits per heavy atom. The molecule has 2 fully saturated rings. The Bertz CT molecular complexity index is 709. The second-order valence-electron chi connectivity index (χ2n) is 6.53. The lowest BCUT2D eigenvalue weighted by Crippen LogP contribution is -2.42. The molecular weight excluding hydrogens is 314 g/mol. The topological polar surface area (TPSA) is 101 Å². The molecule has 0 aromatic heterocycles. The quantitative estimate of drug-likeness (QED) is 0.688. The highest BCUT2D eigenvalue weighted by Gasteiger charge is 2.32. The molecule has 1 aromatic carbocycles. The summed E-state index contributed by atoms with van der Waals surface area (Å²) in [5.41, 5.74) is 6.86. The molecule has 2 aliphatic rings. The third-order valence-electron chi connectivity index (χ3n) is 4.42. The highest BCUT2D eigenvalue weighted by atomic mass is 32.2. The number of carbonyl (C=O) groups is 1. The van der Waals surface area contributed by atoms with E-state index >= 15 is 0 Å². The molecule has 0 aliphatic heterocycles. The summed E-state index contributed by atoms with van der Waals surface area (Å²) in [5.74, 6) is 0.195. The molecule has 0 bridgehead atoms. The van der Waals surface area contributed by atoms with E-state index in [4.69, 9.17) is 5.73 Å². The Morgan fingerprint density at radius 3 is 2.57 bits per heavy atom. The molecule has 1 atom stereocenters. The van der Waals surface area contributed by atoms with Gasteiger partial charge in [-0.1, -0.05) is 6.07 Å². The molecule has 0 saturated heterocycles. The highest BCUT2D eigenvalue weighted by molar-refractivity contribution is 7.89. The fourth-order valence-electron chi connectivity index (χ4n) is 2.62. The van der Waals surface area contributed by atoms with Crippen LogP contribution in [0.15, 0.2) is 23.1 Å². The second kappa shape index (κ2) is 6.22. The van der Waals surface area contributed by atoms with Crippen LogP contribution in [0.3, 0.4) is 0 Å². The van der Waals surface area contributed by atoms with Gasteiger partial charge in [0.2, 0.25) is 10.0 Å². The Balaban J connectivity index is 1.80. The molecule has 6 nitrogen and oxygen atoms in total. The number of amides is 1. The van der Waals surface area contributed by atoms with Crippen molar-refractivity contribution in [1.82, 2.24) is 10.0 Å². The standard InChI is InChI=1S/C16H23N3O3S/c1-10-2-7-13(23(21,22)19-12-5-6-12)8-14(10)16(20)18-15(9-17)11-3-4-11/h2,7-8,11-12,15,19H,3-6,9,17H2,1H3,(H,18,20). The van der Waals surface area contributed by atoms with Gasteiger partial charge in [-0.2, -0.15) is 0 Å². The smallest absolute Gasteiger partial charge is 0.251 e. The van der Waals surface area contributed by atoms with Gasteiger partial charge in [0.1, 0.15) is 0 Å². The Labute approximate surface area is 136 Å². The second-order valence-corrected chi connectivity index (χ2v) is 8.24. The first kappa shape index (κ1) is 16.4. The first-order chi connectivity index (χ1) is 10.9. The monoisotopic (exact) mass is 337 g/mol. The summed E-state index contributed by atoms with van der Waals surface area (Å²) >= 11 is 0. The maximum absolute atomic E-state index is 12.5. The number of carbonyl (C=O) groups excluding carboxylic acids is 1. The average molecular weight is 337 g/mol.